The molecule has 1 amide bonds. The molecule has 3 aromatic heterocycles. The number of hydrogen-bond donors (Lipinski definition) is 0. The molecule has 0 unspecified atom stereocenters. The molecule has 4 aromatic rings. The number of pyridine rings is 1. The molecule has 0 N–H and O–H groups in total. The molecule has 174 valence electrons. The number of anilines is 2. The Hall–Kier alpha value is -3.30. The van der Waals surface area contributed by atoms with E-state index in [-0.39, 0.29) is 5.91 Å². The first kappa shape index (κ1) is 23.8. The van der Waals surface area contributed by atoms with Crippen LogP contribution in [0.25, 0.3) is 11.4 Å². The van der Waals surface area contributed by atoms with Crippen molar-refractivity contribution in [2.45, 2.75) is 45.1 Å². The molecule has 0 atom stereocenters. The van der Waals surface area contributed by atoms with Gasteiger partial charge in [0.15, 0.2) is 16.1 Å². The normalized spacial score (nSPS) is 10.9. The van der Waals surface area contributed by atoms with Gasteiger partial charge in [-0.05, 0) is 44.0 Å². The highest BCUT2D eigenvalue weighted by Gasteiger charge is 2.22. The molecule has 0 fully saturated rings. The van der Waals surface area contributed by atoms with Gasteiger partial charge < -0.3 is 0 Å². The molecule has 0 aliphatic rings. The molecular weight excluding hydrogens is 464 g/mol. The number of rotatable bonds is 8. The molecule has 0 aliphatic carbocycles. The molecule has 9 heteroatoms. The van der Waals surface area contributed by atoms with Gasteiger partial charge in [0.1, 0.15) is 0 Å². The van der Waals surface area contributed by atoms with E-state index in [9.17, 15) is 4.79 Å². The number of benzene rings is 1. The van der Waals surface area contributed by atoms with E-state index in [1.54, 1.807) is 36.0 Å². The monoisotopic (exact) mass is 490 g/mol. The van der Waals surface area contributed by atoms with Gasteiger partial charge in [0.05, 0.1) is 11.4 Å². The zero-order valence-electron chi connectivity index (χ0n) is 19.6. The average Bonchev–Trinajstić information content (AvgIpc) is 3.42. The molecule has 3 heterocycles. The van der Waals surface area contributed by atoms with Gasteiger partial charge >= 0.3 is 0 Å². The van der Waals surface area contributed by atoms with E-state index in [4.69, 9.17) is 4.98 Å². The minimum absolute atomic E-state index is 0.0590. The molecule has 0 aliphatic heterocycles. The van der Waals surface area contributed by atoms with Gasteiger partial charge in [-0.15, -0.1) is 28.1 Å². The summed E-state index contributed by atoms with van der Waals surface area (Å²) in [5.74, 6) is 1.33. The van der Waals surface area contributed by atoms with Gasteiger partial charge in [0.2, 0.25) is 5.91 Å². The predicted molar refractivity (Wildman–Crippen MR) is 139 cm³/mol. The number of carbonyl (C=O) groups excluding carboxylic acids is 1. The number of nitrogens with zero attached hydrogens (tertiary/aromatic N) is 6. The van der Waals surface area contributed by atoms with Crippen molar-refractivity contribution in [1.82, 2.24) is 24.7 Å². The fraction of sp³-hybridized carbons (Fsp3) is 0.240. The van der Waals surface area contributed by atoms with Crippen molar-refractivity contribution in [2.75, 3.05) is 4.90 Å². The van der Waals surface area contributed by atoms with Gasteiger partial charge in [-0.1, -0.05) is 35.5 Å². The molecule has 0 bridgehead atoms. The second-order valence-electron chi connectivity index (χ2n) is 7.95. The van der Waals surface area contributed by atoms with Gasteiger partial charge in [0.25, 0.3) is 0 Å². The van der Waals surface area contributed by atoms with E-state index >= 15 is 0 Å². The van der Waals surface area contributed by atoms with E-state index in [1.165, 1.54) is 16.9 Å². The average molecular weight is 491 g/mol. The van der Waals surface area contributed by atoms with Crippen LogP contribution in [0, 0.1) is 20.8 Å². The minimum atomic E-state index is -0.0590. The number of hydrogen-bond acceptors (Lipinski definition) is 7. The van der Waals surface area contributed by atoms with Gasteiger partial charge in [-0.25, -0.2) is 4.98 Å². The Morgan fingerprint density at radius 3 is 2.53 bits per heavy atom. The van der Waals surface area contributed by atoms with Crippen molar-refractivity contribution in [3.05, 3.63) is 77.1 Å². The van der Waals surface area contributed by atoms with Crippen LogP contribution >= 0.6 is 23.1 Å². The minimum Gasteiger partial charge on any atom is -0.298 e. The number of thioether (sulfide) groups is 1. The van der Waals surface area contributed by atoms with Crippen molar-refractivity contribution in [2.24, 2.45) is 0 Å². The lowest BCUT2D eigenvalue weighted by Crippen LogP contribution is -2.24. The van der Waals surface area contributed by atoms with E-state index in [0.29, 0.717) is 17.4 Å². The van der Waals surface area contributed by atoms with Crippen molar-refractivity contribution >= 4 is 39.8 Å². The first-order chi connectivity index (χ1) is 16.4. The number of thiazole rings is 1. The van der Waals surface area contributed by atoms with Gasteiger partial charge in [-0.2, -0.15) is 0 Å². The molecular formula is C25H26N6OS2. The van der Waals surface area contributed by atoms with E-state index < -0.39 is 0 Å². The summed E-state index contributed by atoms with van der Waals surface area (Å²) in [6.45, 7) is 12.2. The first-order valence-corrected chi connectivity index (χ1v) is 12.7. The summed E-state index contributed by atoms with van der Waals surface area (Å²) in [5, 5.41) is 12.2. The SMILES string of the molecule is C=CCn1c(SCc2csc(N(C(C)=O)c3c(C)cc(C)cc3C)n2)nnc1-c1ccncc1. The maximum absolute atomic E-state index is 12.6. The van der Waals surface area contributed by atoms with E-state index in [1.807, 2.05) is 42.0 Å². The first-order valence-electron chi connectivity index (χ1n) is 10.8. The summed E-state index contributed by atoms with van der Waals surface area (Å²) < 4.78 is 2.03. The molecule has 0 spiro atoms. The fourth-order valence-electron chi connectivity index (χ4n) is 3.92. The quantitative estimate of drug-likeness (QED) is 0.227. The second kappa shape index (κ2) is 10.3. The zero-order valence-corrected chi connectivity index (χ0v) is 21.3. The summed E-state index contributed by atoms with van der Waals surface area (Å²) in [6, 6.07) is 8.01. The summed E-state index contributed by atoms with van der Waals surface area (Å²) in [5.41, 5.74) is 6.03. The van der Waals surface area contributed by atoms with Crippen LogP contribution in [0.5, 0.6) is 0 Å². The highest BCUT2D eigenvalue weighted by atomic mass is 32.2. The Kier molecular flexibility index (Phi) is 7.23. The van der Waals surface area contributed by atoms with Gasteiger partial charge in [0, 0.05) is 42.6 Å². The van der Waals surface area contributed by atoms with Crippen LogP contribution in [0.15, 0.2) is 59.9 Å². The van der Waals surface area contributed by atoms with Crippen LogP contribution < -0.4 is 4.90 Å². The lowest BCUT2D eigenvalue weighted by Gasteiger charge is -2.23. The number of amides is 1. The van der Waals surface area contributed by atoms with Crippen molar-refractivity contribution < 1.29 is 4.79 Å². The standard InChI is InChI=1S/C25H26N6OS2/c1-6-11-30-23(20-7-9-26-10-8-20)28-29-25(30)34-15-21-14-33-24(27-21)31(19(5)32)22-17(3)12-16(2)13-18(22)4/h6-10,12-14H,1,11,15H2,2-5H3. The molecule has 0 saturated carbocycles. The Bertz CT molecular complexity index is 1310. The smallest absolute Gasteiger partial charge is 0.230 e. The Balaban J connectivity index is 1.57. The number of carbonyl (C=O) groups is 1. The third kappa shape index (κ3) is 4.95. The lowest BCUT2D eigenvalue weighted by molar-refractivity contribution is -0.115. The fourth-order valence-corrected chi connectivity index (χ4v) is 5.74. The maximum Gasteiger partial charge on any atom is 0.230 e. The Morgan fingerprint density at radius 2 is 1.88 bits per heavy atom. The highest BCUT2D eigenvalue weighted by molar-refractivity contribution is 7.98. The topological polar surface area (TPSA) is 76.8 Å². The summed E-state index contributed by atoms with van der Waals surface area (Å²) in [4.78, 5) is 23.2. The van der Waals surface area contributed by atoms with Crippen LogP contribution in [0.1, 0.15) is 29.3 Å². The van der Waals surface area contributed by atoms with Gasteiger partial charge in [-0.3, -0.25) is 19.2 Å². The Labute approximate surface area is 207 Å². The largest absolute Gasteiger partial charge is 0.298 e. The lowest BCUT2D eigenvalue weighted by atomic mass is 10.0. The van der Waals surface area contributed by atoms with Crippen molar-refractivity contribution in [3.63, 3.8) is 0 Å². The summed E-state index contributed by atoms with van der Waals surface area (Å²) >= 11 is 3.03. The van der Waals surface area contributed by atoms with Crippen LogP contribution in [0.3, 0.4) is 0 Å². The molecule has 0 saturated heterocycles. The van der Waals surface area contributed by atoms with Crippen LogP contribution in [-0.2, 0) is 17.1 Å². The van der Waals surface area contributed by atoms with Crippen LogP contribution in [0.2, 0.25) is 0 Å². The highest BCUT2D eigenvalue weighted by Crippen LogP contribution is 2.35. The predicted octanol–water partition coefficient (Wildman–Crippen LogP) is 5.88. The summed E-state index contributed by atoms with van der Waals surface area (Å²) in [6.07, 6.45) is 5.31. The molecule has 1 aromatic carbocycles. The third-order valence-electron chi connectivity index (χ3n) is 5.22. The third-order valence-corrected chi connectivity index (χ3v) is 7.10. The summed E-state index contributed by atoms with van der Waals surface area (Å²) in [7, 11) is 0. The van der Waals surface area contributed by atoms with Crippen molar-refractivity contribution in [3.8, 4) is 11.4 Å². The van der Waals surface area contributed by atoms with E-state index in [0.717, 1.165) is 39.1 Å². The van der Waals surface area contributed by atoms with E-state index in [2.05, 4.69) is 40.8 Å². The van der Waals surface area contributed by atoms with Crippen molar-refractivity contribution in [1.29, 1.82) is 0 Å². The zero-order chi connectivity index (χ0) is 24.2. The second-order valence-corrected chi connectivity index (χ2v) is 9.73. The van der Waals surface area contributed by atoms with Crippen LogP contribution in [-0.4, -0.2) is 30.6 Å². The molecule has 7 nitrogen and oxygen atoms in total. The molecule has 0 radical (unpaired) electrons. The molecule has 4 rings (SSSR count). The number of aromatic nitrogens is 5. The molecule has 34 heavy (non-hydrogen) atoms. The number of allylic oxidation sites excluding steroid dienone is 1. The number of aryl methyl sites for hydroxylation is 3. The Morgan fingerprint density at radius 1 is 1.18 bits per heavy atom. The maximum atomic E-state index is 12.6. The van der Waals surface area contributed by atoms with Crippen LogP contribution in [0.4, 0.5) is 10.8 Å².